The minimum Gasteiger partial charge on any atom is -0.0882 e. The molecule has 0 unspecified atom stereocenters. The van der Waals surface area contributed by atoms with Crippen LogP contribution in [0.25, 0.3) is 0 Å². The van der Waals surface area contributed by atoms with Gasteiger partial charge < -0.3 is 0 Å². The monoisotopic (exact) mass is 148 g/mol. The number of hydrogen-bond acceptors (Lipinski definition) is 0. The van der Waals surface area contributed by atoms with Gasteiger partial charge in [0.25, 0.3) is 0 Å². The summed E-state index contributed by atoms with van der Waals surface area (Å²) < 4.78 is 0. The molecular formula is C11H16. The van der Waals surface area contributed by atoms with Crippen molar-refractivity contribution in [1.82, 2.24) is 0 Å². The molecule has 2 fully saturated rings. The van der Waals surface area contributed by atoms with Crippen molar-refractivity contribution in [2.45, 2.75) is 32.1 Å². The molecule has 0 heterocycles. The third kappa shape index (κ3) is 0.758. The van der Waals surface area contributed by atoms with Gasteiger partial charge in [-0.3, -0.25) is 0 Å². The molecule has 3 aliphatic rings. The summed E-state index contributed by atoms with van der Waals surface area (Å²) in [6, 6.07) is 0. The second-order valence-corrected chi connectivity index (χ2v) is 4.60. The van der Waals surface area contributed by atoms with Crippen LogP contribution in [0.5, 0.6) is 0 Å². The molecule has 0 aromatic rings. The lowest BCUT2D eigenvalue weighted by Gasteiger charge is -2.32. The summed E-state index contributed by atoms with van der Waals surface area (Å²) in [5, 5.41) is 0. The fourth-order valence-corrected chi connectivity index (χ4v) is 3.77. The highest BCUT2D eigenvalue weighted by Gasteiger charge is 2.46. The Bertz CT molecular complexity index is 172. The lowest BCUT2D eigenvalue weighted by molar-refractivity contribution is 0.216. The highest BCUT2D eigenvalue weighted by molar-refractivity contribution is 5.05. The lowest BCUT2D eigenvalue weighted by Crippen LogP contribution is -2.23. The van der Waals surface area contributed by atoms with Crippen molar-refractivity contribution in [1.29, 1.82) is 0 Å². The van der Waals surface area contributed by atoms with Gasteiger partial charge >= 0.3 is 0 Å². The molecule has 0 aromatic heterocycles. The van der Waals surface area contributed by atoms with E-state index < -0.39 is 0 Å². The van der Waals surface area contributed by atoms with Crippen molar-refractivity contribution in [3.63, 3.8) is 0 Å². The number of allylic oxidation sites excluding steroid dienone is 2. The largest absolute Gasteiger partial charge is 0.0882 e. The van der Waals surface area contributed by atoms with Crippen LogP contribution < -0.4 is 0 Å². The third-order valence-corrected chi connectivity index (χ3v) is 4.26. The van der Waals surface area contributed by atoms with Crippen LogP contribution in [0.4, 0.5) is 0 Å². The Morgan fingerprint density at radius 3 is 1.91 bits per heavy atom. The molecule has 2 saturated carbocycles. The first-order valence-corrected chi connectivity index (χ1v) is 5.10. The molecule has 2 bridgehead atoms. The Kier molecular flexibility index (Phi) is 1.21. The van der Waals surface area contributed by atoms with Gasteiger partial charge in [0.05, 0.1) is 0 Å². The van der Waals surface area contributed by atoms with Crippen LogP contribution in [0.2, 0.25) is 0 Å². The van der Waals surface area contributed by atoms with Gasteiger partial charge in [-0.05, 0) is 55.8 Å². The molecule has 0 radical (unpaired) electrons. The van der Waals surface area contributed by atoms with E-state index >= 15 is 0 Å². The zero-order valence-electron chi connectivity index (χ0n) is 7.00. The summed E-state index contributed by atoms with van der Waals surface area (Å²) in [5.41, 5.74) is 0. The van der Waals surface area contributed by atoms with Crippen LogP contribution in [0.15, 0.2) is 12.2 Å². The van der Waals surface area contributed by atoms with Crippen molar-refractivity contribution >= 4 is 0 Å². The quantitative estimate of drug-likeness (QED) is 0.463. The van der Waals surface area contributed by atoms with Crippen LogP contribution in [0, 0.1) is 23.7 Å². The van der Waals surface area contributed by atoms with E-state index in [0.717, 1.165) is 23.7 Å². The number of fused-ring (bicyclic) bond motifs is 5. The molecule has 0 aliphatic heterocycles. The van der Waals surface area contributed by atoms with Crippen LogP contribution in [0.1, 0.15) is 32.1 Å². The van der Waals surface area contributed by atoms with Gasteiger partial charge in [0.2, 0.25) is 0 Å². The summed E-state index contributed by atoms with van der Waals surface area (Å²) in [6.45, 7) is 0. The van der Waals surface area contributed by atoms with E-state index in [1.54, 1.807) is 19.3 Å². The summed E-state index contributed by atoms with van der Waals surface area (Å²) in [6.07, 6.45) is 12.3. The van der Waals surface area contributed by atoms with Crippen LogP contribution >= 0.6 is 0 Å². The normalized spacial score (nSPS) is 53.1. The van der Waals surface area contributed by atoms with Crippen LogP contribution in [-0.4, -0.2) is 0 Å². The van der Waals surface area contributed by atoms with Gasteiger partial charge in [0, 0.05) is 0 Å². The van der Waals surface area contributed by atoms with Gasteiger partial charge in [0.1, 0.15) is 0 Å². The van der Waals surface area contributed by atoms with Gasteiger partial charge in [0.15, 0.2) is 0 Å². The molecule has 0 heteroatoms. The van der Waals surface area contributed by atoms with Crippen molar-refractivity contribution in [3.8, 4) is 0 Å². The molecule has 11 heavy (non-hydrogen) atoms. The predicted molar refractivity (Wildman–Crippen MR) is 46.2 cm³/mol. The zero-order chi connectivity index (χ0) is 7.26. The minimum absolute atomic E-state index is 1.11. The molecule has 0 aromatic carbocycles. The van der Waals surface area contributed by atoms with E-state index in [1.165, 1.54) is 12.8 Å². The average Bonchev–Trinajstić information content (AvgIpc) is 2.64. The topological polar surface area (TPSA) is 0 Å². The highest BCUT2D eigenvalue weighted by Crippen LogP contribution is 2.55. The molecule has 0 amide bonds. The molecule has 0 saturated heterocycles. The SMILES string of the molecule is C1=CC[C@H]2[C@H]3CC[C@H](C3)[C@@H]2C1. The molecular weight excluding hydrogens is 132 g/mol. The van der Waals surface area contributed by atoms with Crippen LogP contribution in [0.3, 0.4) is 0 Å². The van der Waals surface area contributed by atoms with Crippen molar-refractivity contribution in [2.75, 3.05) is 0 Å². The second-order valence-electron chi connectivity index (χ2n) is 4.60. The fourth-order valence-electron chi connectivity index (χ4n) is 3.77. The maximum atomic E-state index is 2.42. The van der Waals surface area contributed by atoms with E-state index in [-0.39, 0.29) is 0 Å². The van der Waals surface area contributed by atoms with E-state index in [1.807, 2.05) is 0 Å². The fraction of sp³-hybridized carbons (Fsp3) is 0.818. The zero-order valence-corrected chi connectivity index (χ0v) is 7.00. The maximum Gasteiger partial charge on any atom is -0.0317 e. The molecule has 4 atom stereocenters. The third-order valence-electron chi connectivity index (χ3n) is 4.26. The van der Waals surface area contributed by atoms with E-state index in [9.17, 15) is 0 Å². The average molecular weight is 148 g/mol. The first-order chi connectivity index (χ1) is 5.45. The standard InChI is InChI=1S/C11H16/c1-2-4-11-9-6-5-8(7-9)10(11)3-1/h1-2,8-11H,3-7H2/t8-,9+,10-,11-/m0/s1. The summed E-state index contributed by atoms with van der Waals surface area (Å²) in [7, 11) is 0. The molecule has 3 rings (SSSR count). The summed E-state index contributed by atoms with van der Waals surface area (Å²) in [5.74, 6) is 4.49. The van der Waals surface area contributed by atoms with Gasteiger partial charge in [-0.25, -0.2) is 0 Å². The molecule has 0 nitrogen and oxygen atoms in total. The predicted octanol–water partition coefficient (Wildman–Crippen LogP) is 3.00. The van der Waals surface area contributed by atoms with Crippen molar-refractivity contribution in [3.05, 3.63) is 12.2 Å². The molecule has 3 aliphatic carbocycles. The minimum atomic E-state index is 1.11. The first kappa shape index (κ1) is 6.28. The van der Waals surface area contributed by atoms with Gasteiger partial charge in [-0.1, -0.05) is 12.2 Å². The first-order valence-electron chi connectivity index (χ1n) is 5.10. The van der Waals surface area contributed by atoms with E-state index in [0.29, 0.717) is 0 Å². The lowest BCUT2D eigenvalue weighted by atomic mass is 9.73. The summed E-state index contributed by atoms with van der Waals surface area (Å²) >= 11 is 0. The molecule has 0 spiro atoms. The maximum absolute atomic E-state index is 2.42. The van der Waals surface area contributed by atoms with Crippen molar-refractivity contribution < 1.29 is 0 Å². The molecule has 60 valence electrons. The Morgan fingerprint density at radius 1 is 0.818 bits per heavy atom. The Morgan fingerprint density at radius 2 is 1.36 bits per heavy atom. The van der Waals surface area contributed by atoms with Gasteiger partial charge in [-0.15, -0.1) is 0 Å². The Labute approximate surface area is 68.7 Å². The smallest absolute Gasteiger partial charge is 0.0317 e. The second kappa shape index (κ2) is 2.12. The van der Waals surface area contributed by atoms with E-state index in [2.05, 4.69) is 12.2 Å². The van der Waals surface area contributed by atoms with Crippen LogP contribution in [-0.2, 0) is 0 Å². The summed E-state index contributed by atoms with van der Waals surface area (Å²) in [4.78, 5) is 0. The Hall–Kier alpha value is -0.260. The van der Waals surface area contributed by atoms with Crippen molar-refractivity contribution in [2.24, 2.45) is 23.7 Å². The number of rotatable bonds is 0. The van der Waals surface area contributed by atoms with E-state index in [4.69, 9.17) is 0 Å². The van der Waals surface area contributed by atoms with Gasteiger partial charge in [-0.2, -0.15) is 0 Å². The highest BCUT2D eigenvalue weighted by atomic mass is 14.5. The Balaban J connectivity index is 1.91. The number of hydrogen-bond donors (Lipinski definition) is 0. The molecule has 0 N–H and O–H groups in total.